The second-order valence-corrected chi connectivity index (χ2v) is 14.6. The van der Waals surface area contributed by atoms with Crippen LogP contribution in [0.1, 0.15) is 29.0 Å². The molecule has 21 nitrogen and oxygen atoms in total. The van der Waals surface area contributed by atoms with E-state index in [-0.39, 0.29) is 23.3 Å². The first-order chi connectivity index (χ1) is 30.3. The van der Waals surface area contributed by atoms with Gasteiger partial charge in [-0.25, -0.2) is 0 Å². The molecule has 8 rings (SSSR count). The third kappa shape index (κ3) is 10.5. The van der Waals surface area contributed by atoms with Gasteiger partial charge >= 0.3 is 0 Å². The number of ether oxygens (including phenoxy) is 3. The zero-order chi connectivity index (χ0) is 45.4. The van der Waals surface area contributed by atoms with Gasteiger partial charge in [0.15, 0.2) is 33.4 Å². The molecule has 0 saturated heterocycles. The maximum Gasteiger partial charge on any atom is 0.273 e. The first-order valence-corrected chi connectivity index (χ1v) is 20.1. The van der Waals surface area contributed by atoms with Crippen molar-refractivity contribution in [3.63, 3.8) is 0 Å². The number of anilines is 5. The lowest BCUT2D eigenvalue weighted by molar-refractivity contribution is -0.117. The van der Waals surface area contributed by atoms with Crippen molar-refractivity contribution in [1.29, 1.82) is 0 Å². The van der Waals surface area contributed by atoms with Gasteiger partial charge in [-0.15, -0.1) is 15.3 Å². The van der Waals surface area contributed by atoms with E-state index >= 15 is 0 Å². The number of rotatable bonds is 11. The summed E-state index contributed by atoms with van der Waals surface area (Å²) >= 11 is 3.35. The van der Waals surface area contributed by atoms with Crippen LogP contribution in [-0.2, 0) is 25.9 Å². The minimum atomic E-state index is -0.417. The number of nitrogens with two attached hydrogens (primary N) is 2. The molecule has 0 bridgehead atoms. The van der Waals surface area contributed by atoms with Crippen LogP contribution in [0.15, 0.2) is 71.5 Å². The second-order valence-electron chi connectivity index (χ2n) is 13.9. The number of nitrogens with one attached hydrogen (secondary N) is 3. The number of methoxy groups -OCH3 is 3. The predicted octanol–water partition coefficient (Wildman–Crippen LogP) is 4.95. The number of carbonyl (C=O) groups excluding carboxylic acids is 2. The average molecular weight is 924 g/mol. The summed E-state index contributed by atoms with van der Waals surface area (Å²) in [6, 6.07) is 18.2. The summed E-state index contributed by atoms with van der Waals surface area (Å²) in [5.74, 6) is 1.53. The molecule has 0 aliphatic heterocycles. The summed E-state index contributed by atoms with van der Waals surface area (Å²) in [4.78, 5) is 28.9. The summed E-state index contributed by atoms with van der Waals surface area (Å²) in [5, 5.41) is 41.8. The van der Waals surface area contributed by atoms with E-state index in [1.54, 1.807) is 72.9 Å². The van der Waals surface area contributed by atoms with Crippen molar-refractivity contribution in [2.75, 3.05) is 50.5 Å². The third-order valence-corrected chi connectivity index (χ3v) is 9.90. The molecule has 63 heavy (non-hydrogen) atoms. The van der Waals surface area contributed by atoms with Crippen LogP contribution in [0.3, 0.4) is 0 Å². The quantitative estimate of drug-likeness (QED) is 0.107. The van der Waals surface area contributed by atoms with Gasteiger partial charge in [0.1, 0.15) is 17.1 Å². The van der Waals surface area contributed by atoms with Gasteiger partial charge in [-0.2, -0.15) is 39.9 Å². The Bertz CT molecular complexity index is 2650. The van der Waals surface area contributed by atoms with Gasteiger partial charge in [0, 0.05) is 56.9 Å². The maximum absolute atomic E-state index is 12.3. The Kier molecular flexibility index (Phi) is 14.1. The number of hydrogen-bond donors (Lipinski definition) is 5. The lowest BCUT2D eigenvalue weighted by atomic mass is 10.1. The molecule has 3 aromatic carbocycles. The Hall–Kier alpha value is -7.62. The highest BCUT2D eigenvalue weighted by Gasteiger charge is 2.30. The van der Waals surface area contributed by atoms with Gasteiger partial charge < -0.3 is 41.6 Å². The van der Waals surface area contributed by atoms with Crippen molar-refractivity contribution in [1.82, 2.24) is 60.5 Å². The lowest BCUT2D eigenvalue weighted by Gasteiger charge is -2.16. The molecule has 0 radical (unpaired) electrons. The van der Waals surface area contributed by atoms with Gasteiger partial charge in [0.2, 0.25) is 5.91 Å². The van der Waals surface area contributed by atoms with E-state index in [4.69, 9.17) is 25.7 Å². The van der Waals surface area contributed by atoms with E-state index < -0.39 is 5.91 Å². The van der Waals surface area contributed by atoms with Crippen LogP contribution in [0.5, 0.6) is 17.2 Å². The van der Waals surface area contributed by atoms with E-state index in [1.807, 2.05) is 43.3 Å². The summed E-state index contributed by atoms with van der Waals surface area (Å²) in [5.41, 5.74) is 19.3. The Balaban J connectivity index is 0.000000173. The van der Waals surface area contributed by atoms with E-state index in [0.717, 1.165) is 40.9 Å². The normalized spacial score (nSPS) is 11.6. The number of amides is 2. The molecule has 0 unspecified atom stereocenters. The molecule has 7 N–H and O–H groups in total. The molecule has 1 saturated carbocycles. The minimum absolute atomic E-state index is 0.0144. The monoisotopic (exact) mass is 922 g/mol. The number of halogens is 1. The van der Waals surface area contributed by atoms with Gasteiger partial charge in [0.25, 0.3) is 5.91 Å². The Morgan fingerprint density at radius 2 is 1.32 bits per heavy atom. The van der Waals surface area contributed by atoms with E-state index in [9.17, 15) is 9.59 Å². The number of carbonyl (C=O) groups is 2. The standard InChI is InChI=1S/C20H22N8O3.C11H14N4O.C10H11BrN4O/c1-21-20(30)17-14(9-16(25-26-17)24-19(29)11-7-8-11)23-13-6-4-5-12(18(13)31-3)15-10-22-28(2)27-15;1-7-10(14-15(2)13-7)8-5-4-6-9(12)11(8)16-3;1-15-13-8(10(11)14-15)6-4-3-5-7(12)9(6)16-2/h4-6,9-11H,7-8H2,1-3H3,(H,21,30)(H2,23,24,25,29);4-6H,12H2,1-3H3;3-5H,12H2,1-2H3. The Morgan fingerprint density at radius 1 is 0.730 bits per heavy atom. The van der Waals surface area contributed by atoms with Crippen molar-refractivity contribution >= 4 is 56.3 Å². The van der Waals surface area contributed by atoms with Gasteiger partial charge in [-0.3, -0.25) is 9.59 Å². The van der Waals surface area contributed by atoms with Crippen LogP contribution < -0.4 is 41.6 Å². The minimum Gasteiger partial charge on any atom is -0.494 e. The maximum atomic E-state index is 12.3. The molecule has 1 aliphatic rings. The van der Waals surface area contributed by atoms with Gasteiger partial charge in [-0.05, 0) is 72.1 Å². The van der Waals surface area contributed by atoms with Crippen LogP contribution in [-0.4, -0.2) is 95.4 Å². The topological polar surface area (TPSA) is 268 Å². The molecule has 2 amide bonds. The fourth-order valence-corrected chi connectivity index (χ4v) is 6.84. The highest BCUT2D eigenvalue weighted by molar-refractivity contribution is 9.10. The molecule has 7 aromatic rings. The molecule has 4 heterocycles. The second kappa shape index (κ2) is 19.8. The molecule has 328 valence electrons. The van der Waals surface area contributed by atoms with Crippen molar-refractivity contribution in [3.05, 3.63) is 82.9 Å². The molecule has 0 atom stereocenters. The summed E-state index contributed by atoms with van der Waals surface area (Å²) in [6.07, 6.45) is 3.37. The number of nitrogens with zero attached hydrogens (tertiary/aromatic N) is 11. The van der Waals surface area contributed by atoms with Crippen LogP contribution in [0.4, 0.5) is 28.6 Å². The largest absolute Gasteiger partial charge is 0.494 e. The fraction of sp³-hybridized carbons (Fsp3) is 0.268. The molecule has 22 heteroatoms. The first-order valence-electron chi connectivity index (χ1n) is 19.3. The average Bonchev–Trinajstić information content (AvgIpc) is 3.83. The molecule has 4 aromatic heterocycles. The number of aromatic nitrogens is 11. The van der Waals surface area contributed by atoms with E-state index in [0.29, 0.717) is 56.0 Å². The zero-order valence-electron chi connectivity index (χ0n) is 35.8. The molecule has 0 spiro atoms. The van der Waals surface area contributed by atoms with Crippen LogP contribution in [0, 0.1) is 12.8 Å². The summed E-state index contributed by atoms with van der Waals surface area (Å²) in [7, 11) is 11.5. The van der Waals surface area contributed by atoms with Gasteiger partial charge in [-0.1, -0.05) is 18.2 Å². The lowest BCUT2D eigenvalue weighted by Crippen LogP contribution is -2.22. The highest BCUT2D eigenvalue weighted by Crippen LogP contribution is 2.39. The SMILES string of the molecule is CNC(=O)c1nnc(NC(=O)C2CC2)cc1Nc1cccc(-c2cnn(C)n2)c1OC.COc1c(N)cccc1-c1nn(C)nc1Br.COc1c(N)cccc1-c1nn(C)nc1C. The van der Waals surface area contributed by atoms with Crippen molar-refractivity contribution < 1.29 is 23.8 Å². The molecular formula is C41H47BrN16O5. The van der Waals surface area contributed by atoms with E-state index in [2.05, 4.69) is 72.7 Å². The smallest absolute Gasteiger partial charge is 0.273 e. The number of benzene rings is 3. The van der Waals surface area contributed by atoms with Gasteiger partial charge in [0.05, 0.1) is 56.0 Å². The predicted molar refractivity (Wildman–Crippen MR) is 240 cm³/mol. The molecule has 1 aliphatic carbocycles. The van der Waals surface area contributed by atoms with Crippen molar-refractivity contribution in [3.8, 4) is 51.0 Å². The fourth-order valence-electron chi connectivity index (χ4n) is 6.32. The number of nitrogen functional groups attached to an aromatic ring is 2. The highest BCUT2D eigenvalue weighted by atomic mass is 79.9. The van der Waals surface area contributed by atoms with Crippen molar-refractivity contribution in [2.24, 2.45) is 27.1 Å². The number of hydrogen-bond acceptors (Lipinski definition) is 16. The Labute approximate surface area is 370 Å². The Morgan fingerprint density at radius 3 is 1.84 bits per heavy atom. The van der Waals surface area contributed by atoms with Crippen LogP contribution >= 0.6 is 15.9 Å². The molecular weight excluding hydrogens is 876 g/mol. The number of aryl methyl sites for hydroxylation is 4. The molecule has 1 fully saturated rings. The summed E-state index contributed by atoms with van der Waals surface area (Å²) < 4.78 is 16.9. The van der Waals surface area contributed by atoms with E-state index in [1.165, 1.54) is 21.4 Å². The summed E-state index contributed by atoms with van der Waals surface area (Å²) in [6.45, 7) is 1.91. The van der Waals surface area contributed by atoms with Crippen molar-refractivity contribution in [2.45, 2.75) is 19.8 Å². The first kappa shape index (κ1) is 44.9. The third-order valence-electron chi connectivity index (χ3n) is 9.36. The number of para-hydroxylation sites is 3. The zero-order valence-corrected chi connectivity index (χ0v) is 37.4. The van der Waals surface area contributed by atoms with Crippen LogP contribution in [0.25, 0.3) is 33.8 Å². The van der Waals surface area contributed by atoms with Crippen LogP contribution in [0.2, 0.25) is 0 Å².